The second kappa shape index (κ2) is 5.01. The number of aromatic nitrogens is 2. The first-order chi connectivity index (χ1) is 7.72. The van der Waals surface area contributed by atoms with Crippen molar-refractivity contribution in [3.63, 3.8) is 0 Å². The lowest BCUT2D eigenvalue weighted by molar-refractivity contribution is 0.275. The van der Waals surface area contributed by atoms with E-state index in [9.17, 15) is 0 Å². The largest absolute Gasteiger partial charge is 0.390 e. The molecular formula is C11H17N3OS. The molecule has 0 spiro atoms. The topological polar surface area (TPSA) is 49.2 Å². The molecule has 1 aliphatic heterocycles. The summed E-state index contributed by atoms with van der Waals surface area (Å²) in [7, 11) is 0. The van der Waals surface area contributed by atoms with Crippen LogP contribution in [-0.4, -0.2) is 38.9 Å². The van der Waals surface area contributed by atoms with Gasteiger partial charge in [0.1, 0.15) is 0 Å². The molecule has 0 aromatic carbocycles. The Labute approximate surface area is 100 Å². The van der Waals surface area contributed by atoms with Crippen LogP contribution in [0.25, 0.3) is 0 Å². The van der Waals surface area contributed by atoms with Gasteiger partial charge < -0.3 is 10.0 Å². The molecule has 2 unspecified atom stereocenters. The summed E-state index contributed by atoms with van der Waals surface area (Å²) in [5.74, 6) is 2.05. The van der Waals surface area contributed by atoms with Crippen molar-refractivity contribution in [3.05, 3.63) is 17.8 Å². The minimum atomic E-state index is -0.0465. The van der Waals surface area contributed by atoms with E-state index in [1.807, 2.05) is 23.9 Å². The van der Waals surface area contributed by atoms with Gasteiger partial charge in [-0.15, -0.1) is 5.10 Å². The number of hydrogen-bond acceptors (Lipinski definition) is 5. The van der Waals surface area contributed by atoms with Crippen molar-refractivity contribution in [2.24, 2.45) is 0 Å². The molecule has 16 heavy (non-hydrogen) atoms. The average molecular weight is 239 g/mol. The lowest BCUT2D eigenvalue weighted by atomic mass is 10.2. The van der Waals surface area contributed by atoms with E-state index in [-0.39, 0.29) is 6.61 Å². The van der Waals surface area contributed by atoms with Crippen LogP contribution in [0, 0.1) is 0 Å². The van der Waals surface area contributed by atoms with Crippen molar-refractivity contribution >= 4 is 17.6 Å². The molecule has 0 amide bonds. The SMILES string of the molecule is CC1SCCN(c2ccc(CO)nn2)C1C. The first-order valence-electron chi connectivity index (χ1n) is 5.54. The van der Waals surface area contributed by atoms with E-state index in [2.05, 4.69) is 28.9 Å². The first kappa shape index (κ1) is 11.7. The second-order valence-electron chi connectivity index (χ2n) is 4.05. The van der Waals surface area contributed by atoms with Crippen molar-refractivity contribution in [2.45, 2.75) is 31.7 Å². The molecule has 5 heteroatoms. The average Bonchev–Trinajstić information content (AvgIpc) is 2.33. The minimum Gasteiger partial charge on any atom is -0.390 e. The minimum absolute atomic E-state index is 0.0465. The molecule has 2 rings (SSSR count). The normalized spacial score (nSPS) is 25.8. The summed E-state index contributed by atoms with van der Waals surface area (Å²) in [6, 6.07) is 4.26. The van der Waals surface area contributed by atoms with Gasteiger partial charge in [-0.25, -0.2) is 0 Å². The van der Waals surface area contributed by atoms with Crippen LogP contribution >= 0.6 is 11.8 Å². The predicted octanol–water partition coefficient (Wildman–Crippen LogP) is 1.30. The maximum Gasteiger partial charge on any atom is 0.151 e. The highest BCUT2D eigenvalue weighted by Crippen LogP contribution is 2.27. The zero-order valence-corrected chi connectivity index (χ0v) is 10.4. The number of aliphatic hydroxyl groups excluding tert-OH is 1. The van der Waals surface area contributed by atoms with Crippen molar-refractivity contribution in [1.82, 2.24) is 10.2 Å². The molecular weight excluding hydrogens is 222 g/mol. The highest BCUT2D eigenvalue weighted by Gasteiger charge is 2.26. The van der Waals surface area contributed by atoms with Gasteiger partial charge in [0.2, 0.25) is 0 Å². The molecule has 1 fully saturated rings. The Hall–Kier alpha value is -0.810. The number of nitrogens with zero attached hydrogens (tertiary/aromatic N) is 3. The van der Waals surface area contributed by atoms with E-state index in [4.69, 9.17) is 5.11 Å². The molecule has 2 atom stereocenters. The van der Waals surface area contributed by atoms with Crippen molar-refractivity contribution in [2.75, 3.05) is 17.2 Å². The highest BCUT2D eigenvalue weighted by molar-refractivity contribution is 8.00. The van der Waals surface area contributed by atoms with E-state index in [0.717, 1.165) is 18.1 Å². The molecule has 88 valence electrons. The van der Waals surface area contributed by atoms with Crippen LogP contribution in [0.1, 0.15) is 19.5 Å². The standard InChI is InChI=1S/C11H17N3OS/c1-8-9(2)16-6-5-14(8)11-4-3-10(7-15)12-13-11/h3-4,8-9,15H,5-7H2,1-2H3. The van der Waals surface area contributed by atoms with Gasteiger partial charge in [0.05, 0.1) is 12.3 Å². The zero-order valence-electron chi connectivity index (χ0n) is 9.63. The Morgan fingerprint density at radius 2 is 2.25 bits per heavy atom. The number of rotatable bonds is 2. The van der Waals surface area contributed by atoms with Crippen molar-refractivity contribution in [1.29, 1.82) is 0 Å². The van der Waals surface area contributed by atoms with Crippen LogP contribution in [0.2, 0.25) is 0 Å². The number of thioether (sulfide) groups is 1. The van der Waals surface area contributed by atoms with Gasteiger partial charge in [-0.05, 0) is 19.1 Å². The fourth-order valence-corrected chi connectivity index (χ4v) is 2.95. The summed E-state index contributed by atoms with van der Waals surface area (Å²) < 4.78 is 0. The number of anilines is 1. The van der Waals surface area contributed by atoms with Crippen LogP contribution in [0.5, 0.6) is 0 Å². The summed E-state index contributed by atoms with van der Waals surface area (Å²) in [5, 5.41) is 17.7. The molecule has 1 aromatic heterocycles. The molecule has 0 radical (unpaired) electrons. The molecule has 1 saturated heterocycles. The number of hydrogen-bond donors (Lipinski definition) is 1. The monoisotopic (exact) mass is 239 g/mol. The molecule has 4 nitrogen and oxygen atoms in total. The summed E-state index contributed by atoms with van der Waals surface area (Å²) in [6.45, 7) is 5.44. The van der Waals surface area contributed by atoms with E-state index in [0.29, 0.717) is 17.0 Å². The highest BCUT2D eigenvalue weighted by atomic mass is 32.2. The quantitative estimate of drug-likeness (QED) is 0.843. The second-order valence-corrected chi connectivity index (χ2v) is 5.54. The summed E-state index contributed by atoms with van der Waals surface area (Å²) in [6.07, 6.45) is 0. The van der Waals surface area contributed by atoms with Gasteiger partial charge in [-0.2, -0.15) is 16.9 Å². The molecule has 1 N–H and O–H groups in total. The van der Waals surface area contributed by atoms with E-state index < -0.39 is 0 Å². The third-order valence-corrected chi connectivity index (χ3v) is 4.38. The first-order valence-corrected chi connectivity index (χ1v) is 6.59. The Morgan fingerprint density at radius 3 is 2.88 bits per heavy atom. The third kappa shape index (κ3) is 2.30. The van der Waals surface area contributed by atoms with E-state index >= 15 is 0 Å². The zero-order chi connectivity index (χ0) is 11.5. The molecule has 0 bridgehead atoms. The molecule has 2 heterocycles. The van der Waals surface area contributed by atoms with Crippen LogP contribution in [0.15, 0.2) is 12.1 Å². The van der Waals surface area contributed by atoms with Crippen LogP contribution in [-0.2, 0) is 6.61 Å². The van der Waals surface area contributed by atoms with Gasteiger partial charge in [0.25, 0.3) is 0 Å². The smallest absolute Gasteiger partial charge is 0.151 e. The van der Waals surface area contributed by atoms with Crippen LogP contribution in [0.3, 0.4) is 0 Å². The fourth-order valence-electron chi connectivity index (χ4n) is 1.85. The van der Waals surface area contributed by atoms with Crippen LogP contribution in [0.4, 0.5) is 5.82 Å². The van der Waals surface area contributed by atoms with Gasteiger partial charge >= 0.3 is 0 Å². The maximum absolute atomic E-state index is 8.91. The Kier molecular flexibility index (Phi) is 3.66. The summed E-state index contributed by atoms with van der Waals surface area (Å²) in [4.78, 5) is 2.29. The summed E-state index contributed by atoms with van der Waals surface area (Å²) >= 11 is 2.00. The van der Waals surface area contributed by atoms with Gasteiger partial charge in [0.15, 0.2) is 5.82 Å². The Morgan fingerprint density at radius 1 is 1.44 bits per heavy atom. The van der Waals surface area contributed by atoms with Crippen molar-refractivity contribution < 1.29 is 5.11 Å². The summed E-state index contributed by atoms with van der Waals surface area (Å²) in [5.41, 5.74) is 0.621. The van der Waals surface area contributed by atoms with Crippen molar-refractivity contribution in [3.8, 4) is 0 Å². The predicted molar refractivity (Wildman–Crippen MR) is 66.7 cm³/mol. The third-order valence-electron chi connectivity index (χ3n) is 3.05. The number of aliphatic hydroxyl groups is 1. The fraction of sp³-hybridized carbons (Fsp3) is 0.636. The molecule has 0 saturated carbocycles. The Balaban J connectivity index is 2.15. The lowest BCUT2D eigenvalue weighted by Gasteiger charge is -2.38. The maximum atomic E-state index is 8.91. The van der Waals surface area contributed by atoms with Gasteiger partial charge in [0, 0.05) is 23.6 Å². The van der Waals surface area contributed by atoms with Gasteiger partial charge in [-0.3, -0.25) is 0 Å². The van der Waals surface area contributed by atoms with E-state index in [1.54, 1.807) is 0 Å². The van der Waals surface area contributed by atoms with Crippen LogP contribution < -0.4 is 4.90 Å². The molecule has 0 aliphatic carbocycles. The molecule has 1 aliphatic rings. The lowest BCUT2D eigenvalue weighted by Crippen LogP contribution is -2.45. The molecule has 1 aromatic rings. The van der Waals surface area contributed by atoms with Gasteiger partial charge in [-0.1, -0.05) is 6.92 Å². The Bertz CT molecular complexity index is 344. The van der Waals surface area contributed by atoms with E-state index in [1.165, 1.54) is 0 Å².